The van der Waals surface area contributed by atoms with Crippen LogP contribution in [0.5, 0.6) is 0 Å². The van der Waals surface area contributed by atoms with Crippen LogP contribution in [0.1, 0.15) is 13.8 Å². The molecule has 4 N–H and O–H groups in total. The fourth-order valence-corrected chi connectivity index (χ4v) is 0.386. The Morgan fingerprint density at radius 2 is 1.33 bits per heavy atom. The highest BCUT2D eigenvalue weighted by Gasteiger charge is 1.89. The lowest BCUT2D eigenvalue weighted by Crippen LogP contribution is -2.34. The molecule has 0 spiro atoms. The second-order valence-corrected chi connectivity index (χ2v) is 2.28. The summed E-state index contributed by atoms with van der Waals surface area (Å²) in [4.78, 5) is 44.6. The Bertz CT molecular complexity index is 289. The van der Waals surface area contributed by atoms with Gasteiger partial charge in [-0.15, -0.1) is 0 Å². The molecular formula is C9H17N5O4. The van der Waals surface area contributed by atoms with Crippen molar-refractivity contribution in [1.29, 1.82) is 0 Å². The van der Waals surface area contributed by atoms with Crippen LogP contribution in [-0.4, -0.2) is 44.4 Å². The topological polar surface area (TPSA) is 143 Å². The minimum atomic E-state index is -0.160. The summed E-state index contributed by atoms with van der Waals surface area (Å²) in [5.41, 5.74) is 4.50. The Hall–Kier alpha value is -2.34. The molecule has 9 heteroatoms. The number of nitrogens with one attached hydrogen (secondary N) is 2. The van der Waals surface area contributed by atoms with Crippen molar-refractivity contribution in [3.8, 4) is 0 Å². The number of hydrogen-bond acceptors (Lipinski definition) is 7. The van der Waals surface area contributed by atoms with Gasteiger partial charge < -0.3 is 16.4 Å². The molecule has 0 unspecified atom stereocenters. The zero-order chi connectivity index (χ0) is 14.8. The second kappa shape index (κ2) is 20.1. The molecule has 0 aromatic heterocycles. The average molecular weight is 259 g/mol. The number of nitrogens with two attached hydrogens (primary N) is 1. The van der Waals surface area contributed by atoms with Crippen LogP contribution < -0.4 is 16.4 Å². The molecule has 0 aliphatic heterocycles. The zero-order valence-electron chi connectivity index (χ0n) is 10.5. The van der Waals surface area contributed by atoms with Gasteiger partial charge in [0.15, 0.2) is 6.67 Å². The van der Waals surface area contributed by atoms with Gasteiger partial charge in [0.05, 0.1) is 6.67 Å². The first kappa shape index (κ1) is 21.0. The summed E-state index contributed by atoms with van der Waals surface area (Å²) in [6.07, 6.45) is 2.41. The zero-order valence-corrected chi connectivity index (χ0v) is 10.5. The number of carbonyl (C=O) groups excluding carboxylic acids is 4. The maximum atomic E-state index is 10.2. The molecule has 2 amide bonds. The average Bonchev–Trinajstić information content (AvgIpc) is 2.32. The number of carbonyl (C=O) groups is 2. The first-order valence-corrected chi connectivity index (χ1v) is 4.68. The highest BCUT2D eigenvalue weighted by atomic mass is 16.2. The number of hydrogen-bond donors (Lipinski definition) is 3. The lowest BCUT2D eigenvalue weighted by atomic mass is 10.7. The minimum Gasteiger partial charge on any atom is -0.339 e. The van der Waals surface area contributed by atoms with Gasteiger partial charge in [-0.25, -0.2) is 9.59 Å². The van der Waals surface area contributed by atoms with Gasteiger partial charge in [0.25, 0.3) is 0 Å². The van der Waals surface area contributed by atoms with Crippen molar-refractivity contribution in [2.45, 2.75) is 13.8 Å². The summed E-state index contributed by atoms with van der Waals surface area (Å²) in [7, 11) is 1.50. The van der Waals surface area contributed by atoms with E-state index in [4.69, 9.17) is 0 Å². The highest BCUT2D eigenvalue weighted by Crippen LogP contribution is 1.61. The lowest BCUT2D eigenvalue weighted by molar-refractivity contribution is -0.120. The lowest BCUT2D eigenvalue weighted by Gasteiger charge is -2.00. The standard InChI is InChI=1S/C5H10N2O2.C3H2N2O2.CH5N/c1-4(8)6-3-7-5(2)9;6-2-4-1-5-3-7;1-2/h3H2,1-2H3,(H,6,8)(H,7,9);1H2;2H2,1H3. The van der Waals surface area contributed by atoms with E-state index in [1.807, 2.05) is 0 Å². The van der Waals surface area contributed by atoms with Gasteiger partial charge in [0.1, 0.15) is 0 Å². The SMILES string of the molecule is CC(=O)NCNC(C)=O.CN.O=C=NCN=C=O. The van der Waals surface area contributed by atoms with Crippen molar-refractivity contribution in [3.05, 3.63) is 0 Å². The maximum Gasteiger partial charge on any atom is 0.236 e. The van der Waals surface area contributed by atoms with Crippen LogP contribution in [0.2, 0.25) is 0 Å². The molecule has 0 atom stereocenters. The van der Waals surface area contributed by atoms with Crippen molar-refractivity contribution in [1.82, 2.24) is 10.6 Å². The second-order valence-electron chi connectivity index (χ2n) is 2.28. The van der Waals surface area contributed by atoms with Crippen LogP contribution in [0.15, 0.2) is 9.98 Å². The van der Waals surface area contributed by atoms with Crippen LogP contribution >= 0.6 is 0 Å². The van der Waals surface area contributed by atoms with Crippen LogP contribution in [0.3, 0.4) is 0 Å². The third kappa shape index (κ3) is 37.3. The summed E-state index contributed by atoms with van der Waals surface area (Å²) in [6, 6.07) is 0. The Kier molecular flexibility index (Phi) is 23.5. The van der Waals surface area contributed by atoms with E-state index < -0.39 is 0 Å². The Balaban J connectivity index is -0.000000225. The molecular weight excluding hydrogens is 242 g/mol. The highest BCUT2D eigenvalue weighted by molar-refractivity contribution is 5.75. The molecule has 0 aromatic rings. The van der Waals surface area contributed by atoms with Gasteiger partial charge in [0, 0.05) is 13.8 Å². The molecule has 102 valence electrons. The number of isocyanates is 2. The third-order valence-corrected chi connectivity index (χ3v) is 0.945. The minimum absolute atomic E-state index is 0.149. The van der Waals surface area contributed by atoms with Crippen LogP contribution in [0.4, 0.5) is 0 Å². The smallest absolute Gasteiger partial charge is 0.236 e. The fraction of sp³-hybridized carbons (Fsp3) is 0.556. The molecule has 0 saturated carbocycles. The van der Waals surface area contributed by atoms with E-state index in [1.165, 1.54) is 33.1 Å². The largest absolute Gasteiger partial charge is 0.339 e. The Morgan fingerprint density at radius 3 is 1.56 bits per heavy atom. The predicted molar refractivity (Wildman–Crippen MR) is 63.7 cm³/mol. The van der Waals surface area contributed by atoms with Gasteiger partial charge in [-0.2, -0.15) is 9.98 Å². The summed E-state index contributed by atoms with van der Waals surface area (Å²) < 4.78 is 0. The molecule has 0 rings (SSSR count). The molecule has 0 fully saturated rings. The predicted octanol–water partition coefficient (Wildman–Crippen LogP) is -1.59. The number of aliphatic imine (C=N–C) groups is 2. The third-order valence-electron chi connectivity index (χ3n) is 0.945. The van der Waals surface area contributed by atoms with E-state index in [9.17, 15) is 19.2 Å². The first-order valence-electron chi connectivity index (χ1n) is 4.68. The van der Waals surface area contributed by atoms with Crippen LogP contribution in [-0.2, 0) is 19.2 Å². The Morgan fingerprint density at radius 1 is 1.00 bits per heavy atom. The summed E-state index contributed by atoms with van der Waals surface area (Å²) in [5.74, 6) is -0.299. The van der Waals surface area contributed by atoms with Gasteiger partial charge in [-0.1, -0.05) is 0 Å². The molecule has 0 aromatic carbocycles. The Labute approximate surface area is 105 Å². The van der Waals surface area contributed by atoms with E-state index in [-0.39, 0.29) is 25.2 Å². The van der Waals surface area contributed by atoms with Crippen molar-refractivity contribution in [2.24, 2.45) is 15.7 Å². The summed E-state index contributed by atoms with van der Waals surface area (Å²) >= 11 is 0. The van der Waals surface area contributed by atoms with E-state index in [0.29, 0.717) is 0 Å². The van der Waals surface area contributed by atoms with Gasteiger partial charge >= 0.3 is 0 Å². The van der Waals surface area contributed by atoms with E-state index >= 15 is 0 Å². The molecule has 0 aliphatic rings. The molecule has 0 bridgehead atoms. The molecule has 0 aliphatic carbocycles. The van der Waals surface area contributed by atoms with Crippen molar-refractivity contribution < 1.29 is 19.2 Å². The number of nitrogens with zero attached hydrogens (tertiary/aromatic N) is 2. The molecule has 18 heavy (non-hydrogen) atoms. The number of amides is 2. The first-order chi connectivity index (χ1) is 8.54. The summed E-state index contributed by atoms with van der Waals surface area (Å²) in [5, 5.41) is 4.81. The van der Waals surface area contributed by atoms with E-state index in [2.05, 4.69) is 26.4 Å². The number of rotatable bonds is 4. The van der Waals surface area contributed by atoms with E-state index in [1.54, 1.807) is 0 Å². The maximum absolute atomic E-state index is 10.2. The normalized spacial score (nSPS) is 6.67. The van der Waals surface area contributed by atoms with Crippen molar-refractivity contribution >= 4 is 24.0 Å². The van der Waals surface area contributed by atoms with Crippen molar-refractivity contribution in [2.75, 3.05) is 20.4 Å². The molecule has 9 nitrogen and oxygen atoms in total. The summed E-state index contributed by atoms with van der Waals surface area (Å²) in [6.45, 7) is 2.83. The molecule has 0 heterocycles. The van der Waals surface area contributed by atoms with Gasteiger partial charge in [-0.3, -0.25) is 9.59 Å². The molecule has 0 saturated heterocycles. The molecule has 0 radical (unpaired) electrons. The monoisotopic (exact) mass is 259 g/mol. The van der Waals surface area contributed by atoms with Gasteiger partial charge in [-0.05, 0) is 7.05 Å². The van der Waals surface area contributed by atoms with E-state index in [0.717, 1.165) is 0 Å². The van der Waals surface area contributed by atoms with Crippen molar-refractivity contribution in [3.63, 3.8) is 0 Å². The van der Waals surface area contributed by atoms with Gasteiger partial charge in [0.2, 0.25) is 24.0 Å². The van der Waals surface area contributed by atoms with Crippen LogP contribution in [0, 0.1) is 0 Å². The quantitative estimate of drug-likeness (QED) is 0.316. The fourth-order valence-electron chi connectivity index (χ4n) is 0.386. The van der Waals surface area contributed by atoms with Crippen LogP contribution in [0.25, 0.3) is 0 Å².